The second-order valence-electron chi connectivity index (χ2n) is 5.37. The first-order chi connectivity index (χ1) is 12.3. The average molecular weight is 335 g/mol. The van der Waals surface area contributed by atoms with Gasteiger partial charge >= 0.3 is 0 Å². The largest absolute Gasteiger partial charge is 0.368 e. The molecule has 0 amide bonds. The van der Waals surface area contributed by atoms with E-state index in [0.717, 1.165) is 18.3 Å². The molecular formula is C17H14FN7. The van der Waals surface area contributed by atoms with Crippen molar-refractivity contribution in [2.45, 2.75) is 6.42 Å². The van der Waals surface area contributed by atoms with Gasteiger partial charge in [0.1, 0.15) is 17.3 Å². The monoisotopic (exact) mass is 335 g/mol. The highest BCUT2D eigenvalue weighted by Crippen LogP contribution is 2.16. The molecule has 7 nitrogen and oxygen atoms in total. The first-order valence-corrected chi connectivity index (χ1v) is 7.78. The van der Waals surface area contributed by atoms with Crippen LogP contribution in [0.4, 0.5) is 10.2 Å². The third-order valence-electron chi connectivity index (χ3n) is 3.63. The van der Waals surface area contributed by atoms with E-state index in [4.69, 9.17) is 0 Å². The number of hydrogen-bond acceptors (Lipinski definition) is 6. The molecule has 0 aliphatic heterocycles. The molecule has 4 rings (SSSR count). The van der Waals surface area contributed by atoms with E-state index in [1.54, 1.807) is 16.8 Å². The molecule has 4 heterocycles. The number of pyridine rings is 2. The van der Waals surface area contributed by atoms with Crippen molar-refractivity contribution < 1.29 is 4.39 Å². The van der Waals surface area contributed by atoms with Gasteiger partial charge in [0.15, 0.2) is 5.65 Å². The van der Waals surface area contributed by atoms with Gasteiger partial charge in [-0.15, -0.1) is 15.3 Å². The van der Waals surface area contributed by atoms with Crippen molar-refractivity contribution >= 4 is 11.5 Å². The van der Waals surface area contributed by atoms with Crippen LogP contribution in [0.2, 0.25) is 0 Å². The third kappa shape index (κ3) is 3.27. The molecule has 4 aromatic rings. The van der Waals surface area contributed by atoms with Crippen LogP contribution in [-0.2, 0) is 6.42 Å². The number of nitrogens with zero attached hydrogens (tertiary/aromatic N) is 6. The fraction of sp³-hybridized carbons (Fsp3) is 0.118. The van der Waals surface area contributed by atoms with E-state index in [-0.39, 0.29) is 0 Å². The minimum absolute atomic E-state index is 0.401. The summed E-state index contributed by atoms with van der Waals surface area (Å²) in [5.41, 5.74) is 2.11. The van der Waals surface area contributed by atoms with Gasteiger partial charge < -0.3 is 5.32 Å². The molecule has 124 valence electrons. The molecule has 0 saturated carbocycles. The normalized spacial score (nSPS) is 10.9. The highest BCUT2D eigenvalue weighted by atomic mass is 19.1. The maximum atomic E-state index is 13.0. The SMILES string of the molecule is Fc1ccc(-c2nnc3ccc(NCCc4ccccn4)nn23)nc1. The molecule has 0 aromatic carbocycles. The molecular weight excluding hydrogens is 321 g/mol. The van der Waals surface area contributed by atoms with Crippen LogP contribution in [-0.4, -0.2) is 36.3 Å². The second-order valence-corrected chi connectivity index (χ2v) is 5.37. The lowest BCUT2D eigenvalue weighted by Crippen LogP contribution is -2.09. The predicted octanol–water partition coefficient (Wildman–Crippen LogP) is 2.37. The summed E-state index contributed by atoms with van der Waals surface area (Å²) in [5.74, 6) is 0.748. The van der Waals surface area contributed by atoms with Crippen molar-refractivity contribution in [3.05, 3.63) is 66.4 Å². The van der Waals surface area contributed by atoms with Gasteiger partial charge in [0.05, 0.1) is 6.20 Å². The van der Waals surface area contributed by atoms with Crippen LogP contribution >= 0.6 is 0 Å². The quantitative estimate of drug-likeness (QED) is 0.603. The topological polar surface area (TPSA) is 80.9 Å². The zero-order valence-corrected chi connectivity index (χ0v) is 13.2. The summed E-state index contributed by atoms with van der Waals surface area (Å²) in [4.78, 5) is 8.32. The van der Waals surface area contributed by atoms with Gasteiger partial charge in [-0.1, -0.05) is 6.07 Å². The van der Waals surface area contributed by atoms with Crippen molar-refractivity contribution in [3.63, 3.8) is 0 Å². The van der Waals surface area contributed by atoms with Gasteiger partial charge in [-0.05, 0) is 36.4 Å². The number of rotatable bonds is 5. The van der Waals surface area contributed by atoms with Crippen molar-refractivity contribution in [3.8, 4) is 11.5 Å². The molecule has 0 spiro atoms. The number of halogens is 1. The molecule has 0 atom stereocenters. The molecule has 0 saturated heterocycles. The molecule has 8 heteroatoms. The maximum absolute atomic E-state index is 13.0. The number of fused-ring (bicyclic) bond motifs is 1. The summed E-state index contributed by atoms with van der Waals surface area (Å²) in [6.45, 7) is 0.696. The molecule has 0 fully saturated rings. The van der Waals surface area contributed by atoms with Crippen LogP contribution in [0.3, 0.4) is 0 Å². The first kappa shape index (κ1) is 15.1. The Hall–Kier alpha value is -3.42. The molecule has 4 aromatic heterocycles. The number of anilines is 1. The number of nitrogens with one attached hydrogen (secondary N) is 1. The predicted molar refractivity (Wildman–Crippen MR) is 90.4 cm³/mol. The smallest absolute Gasteiger partial charge is 0.203 e. The Labute approximate surface area is 142 Å². The summed E-state index contributed by atoms with van der Waals surface area (Å²) in [7, 11) is 0. The zero-order valence-electron chi connectivity index (χ0n) is 13.2. The Morgan fingerprint density at radius 2 is 1.96 bits per heavy atom. The minimum atomic E-state index is -0.401. The molecule has 0 bridgehead atoms. The Morgan fingerprint density at radius 1 is 1.00 bits per heavy atom. The molecule has 0 unspecified atom stereocenters. The summed E-state index contributed by atoms with van der Waals surface area (Å²) in [5, 5.41) is 15.9. The molecule has 25 heavy (non-hydrogen) atoms. The Morgan fingerprint density at radius 3 is 2.76 bits per heavy atom. The lowest BCUT2D eigenvalue weighted by atomic mass is 10.3. The van der Waals surface area contributed by atoms with Crippen molar-refractivity contribution in [1.82, 2.24) is 29.8 Å². The second kappa shape index (κ2) is 6.60. The van der Waals surface area contributed by atoms with Crippen LogP contribution in [0, 0.1) is 5.82 Å². The standard InChI is InChI=1S/C17H14FN7/c18-12-4-5-14(21-11-12)17-23-22-16-7-6-15(24-25(16)17)20-10-8-13-3-1-2-9-19-13/h1-7,9,11H,8,10H2,(H,20,24). The van der Waals surface area contributed by atoms with Crippen LogP contribution < -0.4 is 5.32 Å². The van der Waals surface area contributed by atoms with Gasteiger partial charge in [-0.3, -0.25) is 4.98 Å². The number of aromatic nitrogens is 6. The van der Waals surface area contributed by atoms with E-state index in [9.17, 15) is 4.39 Å². The van der Waals surface area contributed by atoms with Gasteiger partial charge in [-0.2, -0.15) is 4.52 Å². The van der Waals surface area contributed by atoms with E-state index >= 15 is 0 Å². The van der Waals surface area contributed by atoms with E-state index in [1.807, 2.05) is 30.3 Å². The van der Waals surface area contributed by atoms with Gasteiger partial charge in [-0.25, -0.2) is 9.37 Å². The Bertz CT molecular complexity index is 983. The van der Waals surface area contributed by atoms with Gasteiger partial charge in [0.25, 0.3) is 0 Å². The van der Waals surface area contributed by atoms with E-state index in [2.05, 4.69) is 30.6 Å². The lowest BCUT2D eigenvalue weighted by Gasteiger charge is -2.06. The Balaban J connectivity index is 1.55. The summed E-state index contributed by atoms with van der Waals surface area (Å²) >= 11 is 0. The lowest BCUT2D eigenvalue weighted by molar-refractivity contribution is 0.621. The minimum Gasteiger partial charge on any atom is -0.368 e. The molecule has 0 radical (unpaired) electrons. The van der Waals surface area contributed by atoms with Crippen LogP contribution in [0.5, 0.6) is 0 Å². The number of hydrogen-bond donors (Lipinski definition) is 1. The summed E-state index contributed by atoms with van der Waals surface area (Å²) < 4.78 is 14.6. The van der Waals surface area contributed by atoms with Gasteiger partial charge in [0.2, 0.25) is 5.82 Å². The maximum Gasteiger partial charge on any atom is 0.203 e. The van der Waals surface area contributed by atoms with Gasteiger partial charge in [0, 0.05) is 24.9 Å². The zero-order chi connectivity index (χ0) is 17.1. The van der Waals surface area contributed by atoms with Crippen LogP contribution in [0.15, 0.2) is 54.9 Å². The molecule has 1 N–H and O–H groups in total. The average Bonchev–Trinajstić information content (AvgIpc) is 3.07. The third-order valence-corrected chi connectivity index (χ3v) is 3.63. The summed E-state index contributed by atoms with van der Waals surface area (Å²) in [6, 6.07) is 12.4. The van der Waals surface area contributed by atoms with Crippen molar-refractivity contribution in [1.29, 1.82) is 0 Å². The summed E-state index contributed by atoms with van der Waals surface area (Å²) in [6.07, 6.45) is 3.71. The van der Waals surface area contributed by atoms with Crippen LogP contribution in [0.25, 0.3) is 17.2 Å². The molecule has 0 aliphatic rings. The van der Waals surface area contributed by atoms with Crippen LogP contribution in [0.1, 0.15) is 5.69 Å². The van der Waals surface area contributed by atoms with E-state index in [1.165, 1.54) is 6.07 Å². The molecule has 0 aliphatic carbocycles. The van der Waals surface area contributed by atoms with Crippen molar-refractivity contribution in [2.24, 2.45) is 0 Å². The highest BCUT2D eigenvalue weighted by Gasteiger charge is 2.11. The Kier molecular flexibility index (Phi) is 3.99. The highest BCUT2D eigenvalue weighted by molar-refractivity contribution is 5.55. The van der Waals surface area contributed by atoms with E-state index in [0.29, 0.717) is 29.5 Å². The van der Waals surface area contributed by atoms with Crippen molar-refractivity contribution in [2.75, 3.05) is 11.9 Å². The fourth-order valence-electron chi connectivity index (χ4n) is 2.42. The van der Waals surface area contributed by atoms with E-state index < -0.39 is 5.82 Å². The first-order valence-electron chi connectivity index (χ1n) is 7.78. The fourth-order valence-corrected chi connectivity index (χ4v) is 2.42.